The van der Waals surface area contributed by atoms with Crippen LogP contribution in [0.3, 0.4) is 0 Å². The molecule has 1 aromatic rings. The molecular formula is C12H14BrFN2O. The number of nitrogens with two attached hydrogens (primary N) is 1. The van der Waals surface area contributed by atoms with Crippen LogP contribution < -0.4 is 11.1 Å². The van der Waals surface area contributed by atoms with Crippen molar-refractivity contribution in [1.82, 2.24) is 5.32 Å². The largest absolute Gasteiger partial charge is 0.350 e. The molecule has 0 radical (unpaired) electrons. The second-order valence-corrected chi connectivity index (χ2v) is 5.44. The molecule has 0 bridgehead atoms. The number of carbonyl (C=O) groups is 1. The summed E-state index contributed by atoms with van der Waals surface area (Å²) in [4.78, 5) is 11.7. The lowest BCUT2D eigenvalue weighted by molar-refractivity contribution is 0.0925. The average molecular weight is 301 g/mol. The lowest BCUT2D eigenvalue weighted by Gasteiger charge is -2.38. The van der Waals surface area contributed by atoms with Gasteiger partial charge in [0.15, 0.2) is 0 Å². The normalized spacial score (nSPS) is 17.4. The molecule has 0 saturated heterocycles. The maximum absolute atomic E-state index is 13.5. The Balaban J connectivity index is 1.99. The van der Waals surface area contributed by atoms with Crippen molar-refractivity contribution in [3.63, 3.8) is 0 Å². The summed E-state index contributed by atoms with van der Waals surface area (Å²) in [6, 6.07) is 4.37. The van der Waals surface area contributed by atoms with Gasteiger partial charge in [-0.3, -0.25) is 4.79 Å². The molecule has 1 aliphatic rings. The number of halogens is 2. The van der Waals surface area contributed by atoms with Crippen LogP contribution in [0.2, 0.25) is 0 Å². The second kappa shape index (κ2) is 4.74. The highest BCUT2D eigenvalue weighted by Crippen LogP contribution is 2.28. The van der Waals surface area contributed by atoms with E-state index >= 15 is 0 Å². The fourth-order valence-corrected chi connectivity index (χ4v) is 2.17. The minimum absolute atomic E-state index is 0.0520. The van der Waals surface area contributed by atoms with E-state index in [2.05, 4.69) is 21.2 Å². The molecule has 0 spiro atoms. The number of carbonyl (C=O) groups excluding carboxylic acids is 1. The quantitative estimate of drug-likeness (QED) is 0.899. The van der Waals surface area contributed by atoms with E-state index in [9.17, 15) is 9.18 Å². The average Bonchev–Trinajstić information content (AvgIpc) is 2.23. The van der Waals surface area contributed by atoms with E-state index in [1.165, 1.54) is 12.1 Å². The first-order valence-corrected chi connectivity index (χ1v) is 6.32. The third-order valence-electron chi connectivity index (χ3n) is 3.13. The third kappa shape index (κ3) is 2.84. The molecule has 0 aromatic heterocycles. The van der Waals surface area contributed by atoms with E-state index in [1.54, 1.807) is 6.07 Å². The van der Waals surface area contributed by atoms with Crippen LogP contribution in [-0.4, -0.2) is 18.0 Å². The first-order valence-electron chi connectivity index (χ1n) is 5.52. The Bertz CT molecular complexity index is 446. The molecule has 1 fully saturated rings. The molecule has 1 amide bonds. The van der Waals surface area contributed by atoms with Crippen molar-refractivity contribution in [3.8, 4) is 0 Å². The molecule has 92 valence electrons. The molecule has 2 rings (SSSR count). The van der Waals surface area contributed by atoms with Crippen LogP contribution in [0.25, 0.3) is 0 Å². The zero-order valence-corrected chi connectivity index (χ0v) is 10.9. The van der Waals surface area contributed by atoms with Gasteiger partial charge in [-0.05, 0) is 37.5 Å². The maximum Gasteiger partial charge on any atom is 0.254 e. The summed E-state index contributed by atoms with van der Waals surface area (Å²) in [5.41, 5.74) is 5.74. The summed E-state index contributed by atoms with van der Waals surface area (Å²) < 4.78 is 14.1. The first-order chi connectivity index (χ1) is 8.00. The number of benzene rings is 1. The van der Waals surface area contributed by atoms with Gasteiger partial charge in [0.2, 0.25) is 0 Å². The molecule has 0 atom stereocenters. The highest BCUT2D eigenvalue weighted by atomic mass is 79.9. The Hall–Kier alpha value is -0.940. The summed E-state index contributed by atoms with van der Waals surface area (Å²) in [5.74, 6) is -0.941. The summed E-state index contributed by atoms with van der Waals surface area (Å²) in [5, 5.41) is 2.68. The van der Waals surface area contributed by atoms with Crippen LogP contribution in [0.4, 0.5) is 4.39 Å². The monoisotopic (exact) mass is 300 g/mol. The van der Waals surface area contributed by atoms with Gasteiger partial charge in [-0.25, -0.2) is 4.39 Å². The van der Waals surface area contributed by atoms with Crippen LogP contribution in [0.1, 0.15) is 29.6 Å². The molecule has 3 N–H and O–H groups in total. The molecule has 0 aliphatic heterocycles. The van der Waals surface area contributed by atoms with Crippen molar-refractivity contribution >= 4 is 21.8 Å². The van der Waals surface area contributed by atoms with Crippen molar-refractivity contribution in [1.29, 1.82) is 0 Å². The third-order valence-corrected chi connectivity index (χ3v) is 3.62. The van der Waals surface area contributed by atoms with Crippen molar-refractivity contribution in [2.24, 2.45) is 5.73 Å². The molecule has 3 nitrogen and oxygen atoms in total. The second-order valence-electron chi connectivity index (χ2n) is 4.52. The zero-order chi connectivity index (χ0) is 12.5. The maximum atomic E-state index is 13.5. The molecule has 5 heteroatoms. The van der Waals surface area contributed by atoms with Crippen molar-refractivity contribution in [2.75, 3.05) is 6.54 Å². The molecule has 1 saturated carbocycles. The molecule has 0 unspecified atom stereocenters. The molecule has 1 aliphatic carbocycles. The van der Waals surface area contributed by atoms with Gasteiger partial charge >= 0.3 is 0 Å². The van der Waals surface area contributed by atoms with Gasteiger partial charge in [-0.1, -0.05) is 15.9 Å². The van der Waals surface area contributed by atoms with Crippen molar-refractivity contribution in [2.45, 2.75) is 24.8 Å². The zero-order valence-electron chi connectivity index (χ0n) is 9.30. The number of hydrogen-bond acceptors (Lipinski definition) is 2. The molecule has 0 heterocycles. The van der Waals surface area contributed by atoms with E-state index < -0.39 is 11.7 Å². The number of rotatable bonds is 3. The van der Waals surface area contributed by atoms with Gasteiger partial charge in [0.25, 0.3) is 5.91 Å². The number of amides is 1. The number of hydrogen-bond donors (Lipinski definition) is 2. The van der Waals surface area contributed by atoms with Crippen LogP contribution in [0.15, 0.2) is 22.7 Å². The van der Waals surface area contributed by atoms with Gasteiger partial charge in [-0.2, -0.15) is 0 Å². The van der Waals surface area contributed by atoms with E-state index in [-0.39, 0.29) is 11.1 Å². The Morgan fingerprint density at radius 3 is 2.76 bits per heavy atom. The van der Waals surface area contributed by atoms with Crippen LogP contribution in [-0.2, 0) is 0 Å². The standard InChI is InChI=1S/C12H14BrFN2O/c13-8-2-3-9(10(14)6-8)11(17)16-7-12(15)4-1-5-12/h2-3,6H,1,4-5,7,15H2,(H,16,17). The highest BCUT2D eigenvalue weighted by Gasteiger charge is 2.32. The lowest BCUT2D eigenvalue weighted by atomic mass is 9.78. The Morgan fingerprint density at radius 1 is 1.53 bits per heavy atom. The Kier molecular flexibility index (Phi) is 3.49. The summed E-state index contributed by atoms with van der Waals surface area (Å²) in [6.45, 7) is 0.404. The molecular weight excluding hydrogens is 287 g/mol. The SMILES string of the molecule is NC1(CNC(=O)c2ccc(Br)cc2F)CCC1. The van der Waals surface area contributed by atoms with Crippen LogP contribution in [0, 0.1) is 5.82 Å². The van der Waals surface area contributed by atoms with Crippen molar-refractivity contribution in [3.05, 3.63) is 34.1 Å². The van der Waals surface area contributed by atoms with Crippen molar-refractivity contribution < 1.29 is 9.18 Å². The predicted molar refractivity (Wildman–Crippen MR) is 67.2 cm³/mol. The van der Waals surface area contributed by atoms with Gasteiger partial charge in [0.05, 0.1) is 5.56 Å². The van der Waals surface area contributed by atoms with E-state index in [4.69, 9.17) is 5.73 Å². The summed E-state index contributed by atoms with van der Waals surface area (Å²) in [6.07, 6.45) is 2.92. The highest BCUT2D eigenvalue weighted by molar-refractivity contribution is 9.10. The van der Waals surface area contributed by atoms with Gasteiger partial charge < -0.3 is 11.1 Å². The Labute approximate surface area is 108 Å². The van der Waals surface area contributed by atoms with E-state index in [0.717, 1.165) is 19.3 Å². The fourth-order valence-electron chi connectivity index (χ4n) is 1.83. The number of nitrogens with one attached hydrogen (secondary N) is 1. The van der Waals surface area contributed by atoms with Gasteiger partial charge in [0.1, 0.15) is 5.82 Å². The topological polar surface area (TPSA) is 55.1 Å². The predicted octanol–water partition coefficient (Wildman–Crippen LogP) is 2.20. The fraction of sp³-hybridized carbons (Fsp3) is 0.417. The van der Waals surface area contributed by atoms with E-state index in [0.29, 0.717) is 11.0 Å². The smallest absolute Gasteiger partial charge is 0.254 e. The summed E-state index contributed by atoms with van der Waals surface area (Å²) >= 11 is 3.14. The minimum atomic E-state index is -0.531. The lowest BCUT2D eigenvalue weighted by Crippen LogP contribution is -2.55. The minimum Gasteiger partial charge on any atom is -0.350 e. The van der Waals surface area contributed by atoms with Gasteiger partial charge in [0, 0.05) is 16.6 Å². The van der Waals surface area contributed by atoms with Gasteiger partial charge in [-0.15, -0.1) is 0 Å². The Morgan fingerprint density at radius 2 is 2.24 bits per heavy atom. The molecule has 17 heavy (non-hydrogen) atoms. The van der Waals surface area contributed by atoms with E-state index in [1.807, 2.05) is 0 Å². The van der Waals surface area contributed by atoms with Crippen LogP contribution in [0.5, 0.6) is 0 Å². The molecule has 1 aromatic carbocycles. The first kappa shape index (κ1) is 12.5. The van der Waals surface area contributed by atoms with Crippen LogP contribution >= 0.6 is 15.9 Å². The summed E-state index contributed by atoms with van der Waals surface area (Å²) in [7, 11) is 0.